The van der Waals surface area contributed by atoms with E-state index in [1.165, 1.54) is 0 Å². The summed E-state index contributed by atoms with van der Waals surface area (Å²) in [7, 11) is 0. The summed E-state index contributed by atoms with van der Waals surface area (Å²) in [4.78, 5) is 18.1. The average molecular weight is 299 g/mol. The normalized spacial score (nSPS) is 20.4. The molecule has 17 heavy (non-hydrogen) atoms. The number of carbonyl (C=O) groups excluding carboxylic acids is 1. The van der Waals surface area contributed by atoms with Crippen LogP contribution in [0.3, 0.4) is 0 Å². The molecule has 0 aliphatic carbocycles. The number of nitrogens with zero attached hydrogens (tertiary/aromatic N) is 2. The van der Waals surface area contributed by atoms with Crippen LogP contribution in [0.1, 0.15) is 12.6 Å². The maximum atomic E-state index is 12.0. The standard InChI is InChI=1S/C12H15BrN2O2/c1-9-8-15(4-5-17-9)12(16)6-11-3-2-10(13)7-14-11/h2-3,7,9H,4-6,8H2,1H3. The van der Waals surface area contributed by atoms with Gasteiger partial charge in [0.1, 0.15) is 0 Å². The summed E-state index contributed by atoms with van der Waals surface area (Å²) in [5, 5.41) is 0. The quantitative estimate of drug-likeness (QED) is 0.833. The molecule has 1 aliphatic heterocycles. The van der Waals surface area contributed by atoms with Crippen LogP contribution in [0.15, 0.2) is 22.8 Å². The van der Waals surface area contributed by atoms with Crippen molar-refractivity contribution >= 4 is 21.8 Å². The van der Waals surface area contributed by atoms with Crippen LogP contribution in [0.25, 0.3) is 0 Å². The topological polar surface area (TPSA) is 42.4 Å². The highest BCUT2D eigenvalue weighted by molar-refractivity contribution is 9.10. The van der Waals surface area contributed by atoms with Gasteiger partial charge in [-0.1, -0.05) is 0 Å². The highest BCUT2D eigenvalue weighted by Crippen LogP contribution is 2.10. The molecular weight excluding hydrogens is 284 g/mol. The van der Waals surface area contributed by atoms with Gasteiger partial charge in [-0.15, -0.1) is 0 Å². The number of carbonyl (C=O) groups is 1. The Morgan fingerprint density at radius 1 is 1.65 bits per heavy atom. The lowest BCUT2D eigenvalue weighted by molar-refractivity contribution is -0.137. The predicted octanol–water partition coefficient (Wildman–Crippen LogP) is 1.63. The molecule has 92 valence electrons. The minimum atomic E-state index is 0.120. The van der Waals surface area contributed by atoms with Crippen molar-refractivity contribution in [3.8, 4) is 0 Å². The summed E-state index contributed by atoms with van der Waals surface area (Å²) >= 11 is 3.32. The van der Waals surface area contributed by atoms with Gasteiger partial charge in [0.2, 0.25) is 5.91 Å². The molecular formula is C12H15BrN2O2. The van der Waals surface area contributed by atoms with Gasteiger partial charge in [0.25, 0.3) is 0 Å². The number of amides is 1. The summed E-state index contributed by atoms with van der Waals surface area (Å²) < 4.78 is 6.33. The maximum Gasteiger partial charge on any atom is 0.228 e. The largest absolute Gasteiger partial charge is 0.375 e. The van der Waals surface area contributed by atoms with E-state index >= 15 is 0 Å². The highest BCUT2D eigenvalue weighted by Gasteiger charge is 2.21. The molecule has 0 spiro atoms. The monoisotopic (exact) mass is 298 g/mol. The minimum absolute atomic E-state index is 0.120. The van der Waals surface area contributed by atoms with Gasteiger partial charge < -0.3 is 9.64 Å². The van der Waals surface area contributed by atoms with E-state index in [1.54, 1.807) is 6.20 Å². The number of aromatic nitrogens is 1. The van der Waals surface area contributed by atoms with Gasteiger partial charge in [-0.05, 0) is 35.0 Å². The van der Waals surface area contributed by atoms with E-state index in [4.69, 9.17) is 4.74 Å². The molecule has 0 N–H and O–H groups in total. The molecule has 0 radical (unpaired) electrons. The third kappa shape index (κ3) is 3.51. The first-order valence-corrected chi connectivity index (χ1v) is 6.44. The zero-order valence-corrected chi connectivity index (χ0v) is 11.3. The van der Waals surface area contributed by atoms with Gasteiger partial charge in [-0.3, -0.25) is 9.78 Å². The van der Waals surface area contributed by atoms with Gasteiger partial charge in [0.15, 0.2) is 0 Å². The lowest BCUT2D eigenvalue weighted by Gasteiger charge is -2.31. The van der Waals surface area contributed by atoms with Gasteiger partial charge in [0, 0.05) is 29.5 Å². The van der Waals surface area contributed by atoms with Crippen LogP contribution in [0.5, 0.6) is 0 Å². The lowest BCUT2D eigenvalue weighted by atomic mass is 10.2. The van der Waals surface area contributed by atoms with Crippen LogP contribution >= 0.6 is 15.9 Å². The highest BCUT2D eigenvalue weighted by atomic mass is 79.9. The number of pyridine rings is 1. The molecule has 2 heterocycles. The van der Waals surface area contributed by atoms with Crippen molar-refractivity contribution in [2.75, 3.05) is 19.7 Å². The van der Waals surface area contributed by atoms with Crippen LogP contribution in [-0.2, 0) is 16.0 Å². The van der Waals surface area contributed by atoms with Crippen LogP contribution in [0, 0.1) is 0 Å². The Balaban J connectivity index is 1.94. The molecule has 1 fully saturated rings. The summed E-state index contributed by atoms with van der Waals surface area (Å²) in [6.07, 6.45) is 2.20. The Labute approximate surface area is 109 Å². The molecule has 1 aromatic heterocycles. The van der Waals surface area contributed by atoms with Crippen LogP contribution < -0.4 is 0 Å². The Bertz CT molecular complexity index is 394. The van der Waals surface area contributed by atoms with Crippen LogP contribution in [-0.4, -0.2) is 41.6 Å². The number of halogens is 1. The van der Waals surface area contributed by atoms with Crippen molar-refractivity contribution in [2.24, 2.45) is 0 Å². The Hall–Kier alpha value is -0.940. The molecule has 4 nitrogen and oxygen atoms in total. The van der Waals surface area contributed by atoms with Crippen molar-refractivity contribution in [1.82, 2.24) is 9.88 Å². The molecule has 5 heteroatoms. The summed E-state index contributed by atoms with van der Waals surface area (Å²) in [5.41, 5.74) is 0.803. The van der Waals surface area contributed by atoms with Gasteiger partial charge >= 0.3 is 0 Å². The first kappa shape index (κ1) is 12.5. The molecule has 0 saturated carbocycles. The van der Waals surface area contributed by atoms with Crippen molar-refractivity contribution < 1.29 is 9.53 Å². The van der Waals surface area contributed by atoms with E-state index in [9.17, 15) is 4.79 Å². The summed E-state index contributed by atoms with van der Waals surface area (Å²) in [6, 6.07) is 3.77. The Morgan fingerprint density at radius 2 is 2.47 bits per heavy atom. The van der Waals surface area contributed by atoms with E-state index in [2.05, 4.69) is 20.9 Å². The first-order valence-electron chi connectivity index (χ1n) is 5.65. The smallest absolute Gasteiger partial charge is 0.228 e. The van der Waals surface area contributed by atoms with Crippen molar-refractivity contribution in [3.63, 3.8) is 0 Å². The molecule has 1 aliphatic rings. The van der Waals surface area contributed by atoms with E-state index in [1.807, 2.05) is 24.0 Å². The van der Waals surface area contributed by atoms with E-state index in [0.29, 0.717) is 26.1 Å². The zero-order valence-electron chi connectivity index (χ0n) is 9.73. The summed E-state index contributed by atoms with van der Waals surface area (Å²) in [6.45, 7) is 3.97. The Kier molecular flexibility index (Phi) is 4.12. The van der Waals surface area contributed by atoms with Gasteiger partial charge in [-0.25, -0.2) is 0 Å². The fraction of sp³-hybridized carbons (Fsp3) is 0.500. The Morgan fingerprint density at radius 3 is 3.12 bits per heavy atom. The van der Waals surface area contributed by atoms with Crippen molar-refractivity contribution in [3.05, 3.63) is 28.5 Å². The molecule has 0 aromatic carbocycles. The first-order chi connectivity index (χ1) is 8.15. The van der Waals surface area contributed by atoms with Crippen molar-refractivity contribution in [2.45, 2.75) is 19.4 Å². The summed E-state index contributed by atoms with van der Waals surface area (Å²) in [5.74, 6) is 0.120. The van der Waals surface area contributed by atoms with Crippen molar-refractivity contribution in [1.29, 1.82) is 0 Å². The number of morpholine rings is 1. The molecule has 1 amide bonds. The molecule has 1 saturated heterocycles. The lowest BCUT2D eigenvalue weighted by Crippen LogP contribution is -2.45. The van der Waals surface area contributed by atoms with E-state index in [0.717, 1.165) is 10.2 Å². The van der Waals surface area contributed by atoms with Crippen LogP contribution in [0.2, 0.25) is 0 Å². The minimum Gasteiger partial charge on any atom is -0.375 e. The molecule has 1 aromatic rings. The van der Waals surface area contributed by atoms with E-state index < -0.39 is 0 Å². The number of ether oxygens (including phenoxy) is 1. The maximum absolute atomic E-state index is 12.0. The SMILES string of the molecule is CC1CN(C(=O)Cc2ccc(Br)cn2)CCO1. The fourth-order valence-electron chi connectivity index (χ4n) is 1.82. The number of hydrogen-bond acceptors (Lipinski definition) is 3. The third-order valence-electron chi connectivity index (χ3n) is 2.71. The van der Waals surface area contributed by atoms with Crippen LogP contribution in [0.4, 0.5) is 0 Å². The third-order valence-corrected chi connectivity index (χ3v) is 3.18. The molecule has 1 atom stereocenters. The molecule has 1 unspecified atom stereocenters. The number of rotatable bonds is 2. The molecule has 2 rings (SSSR count). The van der Waals surface area contributed by atoms with E-state index in [-0.39, 0.29) is 12.0 Å². The molecule has 0 bridgehead atoms. The second-order valence-corrected chi connectivity index (χ2v) is 5.08. The zero-order chi connectivity index (χ0) is 12.3. The fourth-order valence-corrected chi connectivity index (χ4v) is 2.06. The van der Waals surface area contributed by atoms with Gasteiger partial charge in [-0.2, -0.15) is 0 Å². The second-order valence-electron chi connectivity index (χ2n) is 4.17. The van der Waals surface area contributed by atoms with Gasteiger partial charge in [0.05, 0.1) is 19.1 Å². The second kappa shape index (κ2) is 5.60. The average Bonchev–Trinajstić information content (AvgIpc) is 2.32. The number of hydrogen-bond donors (Lipinski definition) is 0. The predicted molar refractivity (Wildman–Crippen MR) is 67.6 cm³/mol.